The van der Waals surface area contributed by atoms with Gasteiger partial charge in [-0.05, 0) is 24.1 Å². The van der Waals surface area contributed by atoms with Crippen molar-refractivity contribution in [2.45, 2.75) is 19.9 Å². The van der Waals surface area contributed by atoms with E-state index in [4.69, 9.17) is 5.73 Å². The molecule has 0 radical (unpaired) electrons. The highest BCUT2D eigenvalue weighted by atomic mass is 16.2. The van der Waals surface area contributed by atoms with Crippen LogP contribution in [0.1, 0.15) is 18.9 Å². The molecule has 0 spiro atoms. The highest BCUT2D eigenvalue weighted by molar-refractivity contribution is 5.89. The number of nitrogens with zero attached hydrogens (tertiary/aromatic N) is 2. The molecule has 21 heavy (non-hydrogen) atoms. The van der Waals surface area contributed by atoms with Crippen LogP contribution >= 0.6 is 0 Å². The fraction of sp³-hybridized carbons (Fsp3) is 0.467. The number of hydrogen-bond acceptors (Lipinski definition) is 3. The minimum absolute atomic E-state index is 0.0629. The summed E-state index contributed by atoms with van der Waals surface area (Å²) in [7, 11) is 0. The molecule has 3 N–H and O–H groups in total. The van der Waals surface area contributed by atoms with Gasteiger partial charge in [-0.3, -0.25) is 4.79 Å². The van der Waals surface area contributed by atoms with Gasteiger partial charge in [0, 0.05) is 45.3 Å². The van der Waals surface area contributed by atoms with Crippen LogP contribution in [0.5, 0.6) is 0 Å². The lowest BCUT2D eigenvalue weighted by Crippen LogP contribution is -2.38. The van der Waals surface area contributed by atoms with Crippen molar-refractivity contribution in [1.82, 2.24) is 9.80 Å². The molecular formula is C15H22N4O2. The van der Waals surface area contributed by atoms with Crippen LogP contribution in [-0.4, -0.2) is 47.9 Å². The Morgan fingerprint density at radius 3 is 2.62 bits per heavy atom. The molecule has 1 aromatic carbocycles. The van der Waals surface area contributed by atoms with Crippen molar-refractivity contribution < 1.29 is 9.59 Å². The fourth-order valence-electron chi connectivity index (χ4n) is 2.41. The second kappa shape index (κ2) is 7.08. The first-order valence-electron chi connectivity index (χ1n) is 7.20. The molecule has 6 heteroatoms. The summed E-state index contributed by atoms with van der Waals surface area (Å²) < 4.78 is 0. The zero-order valence-corrected chi connectivity index (χ0v) is 12.3. The number of carbonyl (C=O) groups excluding carboxylic acids is 2. The molecule has 6 nitrogen and oxygen atoms in total. The first-order chi connectivity index (χ1) is 10.1. The molecule has 3 amide bonds. The molecule has 1 aliphatic heterocycles. The van der Waals surface area contributed by atoms with Crippen molar-refractivity contribution in [3.63, 3.8) is 0 Å². The Morgan fingerprint density at radius 1 is 1.19 bits per heavy atom. The zero-order valence-electron chi connectivity index (χ0n) is 12.3. The number of anilines is 1. The molecule has 1 fully saturated rings. The van der Waals surface area contributed by atoms with Crippen molar-refractivity contribution in [1.29, 1.82) is 0 Å². The molecule has 0 unspecified atom stereocenters. The molecule has 0 atom stereocenters. The SMILES string of the molecule is CC(=O)N1CCCN(C(=O)Nc2cccc(CN)c2)CC1. The Labute approximate surface area is 124 Å². The average molecular weight is 290 g/mol. The lowest BCUT2D eigenvalue weighted by Gasteiger charge is -2.22. The monoisotopic (exact) mass is 290 g/mol. The molecule has 114 valence electrons. The van der Waals surface area contributed by atoms with E-state index < -0.39 is 0 Å². The molecule has 2 rings (SSSR count). The maximum absolute atomic E-state index is 12.3. The first kappa shape index (κ1) is 15.3. The molecule has 0 bridgehead atoms. The summed E-state index contributed by atoms with van der Waals surface area (Å²) in [5.41, 5.74) is 7.32. The van der Waals surface area contributed by atoms with Gasteiger partial charge in [-0.15, -0.1) is 0 Å². The maximum atomic E-state index is 12.3. The third-order valence-corrected chi connectivity index (χ3v) is 3.64. The highest BCUT2D eigenvalue weighted by Gasteiger charge is 2.20. The van der Waals surface area contributed by atoms with Crippen LogP contribution in [0.25, 0.3) is 0 Å². The van der Waals surface area contributed by atoms with Gasteiger partial charge < -0.3 is 20.9 Å². The van der Waals surface area contributed by atoms with Crippen LogP contribution in [0.4, 0.5) is 10.5 Å². The second-order valence-electron chi connectivity index (χ2n) is 5.18. The van der Waals surface area contributed by atoms with Gasteiger partial charge in [-0.2, -0.15) is 0 Å². The summed E-state index contributed by atoms with van der Waals surface area (Å²) in [4.78, 5) is 27.2. The number of urea groups is 1. The molecule has 0 saturated carbocycles. The number of hydrogen-bond donors (Lipinski definition) is 2. The molecule has 1 aromatic rings. The van der Waals surface area contributed by atoms with Crippen molar-refractivity contribution in [2.24, 2.45) is 5.73 Å². The zero-order chi connectivity index (χ0) is 15.2. The Morgan fingerprint density at radius 2 is 1.90 bits per heavy atom. The van der Waals surface area contributed by atoms with Gasteiger partial charge in [0.05, 0.1) is 0 Å². The predicted octanol–water partition coefficient (Wildman–Crippen LogP) is 1.23. The minimum Gasteiger partial charge on any atom is -0.341 e. The fourth-order valence-corrected chi connectivity index (χ4v) is 2.41. The highest BCUT2D eigenvalue weighted by Crippen LogP contribution is 2.12. The summed E-state index contributed by atoms with van der Waals surface area (Å²) in [5.74, 6) is 0.0629. The van der Waals surface area contributed by atoms with Gasteiger partial charge >= 0.3 is 6.03 Å². The third-order valence-electron chi connectivity index (χ3n) is 3.64. The first-order valence-corrected chi connectivity index (χ1v) is 7.20. The van der Waals surface area contributed by atoms with Crippen LogP contribution < -0.4 is 11.1 Å². The standard InChI is InChI=1S/C15H22N4O2/c1-12(20)18-6-3-7-19(9-8-18)15(21)17-14-5-2-4-13(10-14)11-16/h2,4-5,10H,3,6-9,11,16H2,1H3,(H,17,21). The van der Waals surface area contributed by atoms with E-state index in [1.807, 2.05) is 24.3 Å². The maximum Gasteiger partial charge on any atom is 0.321 e. The van der Waals surface area contributed by atoms with Gasteiger partial charge in [-0.1, -0.05) is 12.1 Å². The number of benzene rings is 1. The summed E-state index contributed by atoms with van der Waals surface area (Å²) >= 11 is 0. The van der Waals surface area contributed by atoms with Gasteiger partial charge in [0.1, 0.15) is 0 Å². The molecule has 1 heterocycles. The quantitative estimate of drug-likeness (QED) is 0.860. The van der Waals surface area contributed by atoms with Gasteiger partial charge in [0.25, 0.3) is 0 Å². The molecule has 1 saturated heterocycles. The number of rotatable bonds is 2. The molecule has 0 aliphatic carbocycles. The lowest BCUT2D eigenvalue weighted by molar-refractivity contribution is -0.128. The van der Waals surface area contributed by atoms with Gasteiger partial charge in [0.15, 0.2) is 0 Å². The van der Waals surface area contributed by atoms with E-state index in [1.165, 1.54) is 0 Å². The van der Waals surface area contributed by atoms with E-state index in [0.717, 1.165) is 17.7 Å². The van der Waals surface area contributed by atoms with Crippen LogP contribution in [-0.2, 0) is 11.3 Å². The Hall–Kier alpha value is -2.08. The number of carbonyl (C=O) groups is 2. The molecule has 0 aromatic heterocycles. The largest absolute Gasteiger partial charge is 0.341 e. The third kappa shape index (κ3) is 4.19. The summed E-state index contributed by atoms with van der Waals surface area (Å²) in [6.45, 7) is 4.52. The van der Waals surface area contributed by atoms with Crippen molar-refractivity contribution in [2.75, 3.05) is 31.5 Å². The smallest absolute Gasteiger partial charge is 0.321 e. The molecular weight excluding hydrogens is 268 g/mol. The summed E-state index contributed by atoms with van der Waals surface area (Å²) in [5, 5.41) is 2.89. The van der Waals surface area contributed by atoms with Crippen LogP contribution in [0.3, 0.4) is 0 Å². The predicted molar refractivity (Wildman–Crippen MR) is 81.8 cm³/mol. The van der Waals surface area contributed by atoms with Gasteiger partial charge in [-0.25, -0.2) is 4.79 Å². The summed E-state index contributed by atoms with van der Waals surface area (Å²) in [6, 6.07) is 7.38. The van der Waals surface area contributed by atoms with Crippen molar-refractivity contribution >= 4 is 17.6 Å². The number of amides is 3. The molecule has 1 aliphatic rings. The Kier molecular flexibility index (Phi) is 5.16. The number of nitrogens with one attached hydrogen (secondary N) is 1. The van der Waals surface area contributed by atoms with Crippen molar-refractivity contribution in [3.05, 3.63) is 29.8 Å². The van der Waals surface area contributed by atoms with E-state index in [0.29, 0.717) is 32.7 Å². The van der Waals surface area contributed by atoms with E-state index >= 15 is 0 Å². The Bertz CT molecular complexity index is 518. The van der Waals surface area contributed by atoms with Crippen LogP contribution in [0.15, 0.2) is 24.3 Å². The van der Waals surface area contributed by atoms with Gasteiger partial charge in [0.2, 0.25) is 5.91 Å². The van der Waals surface area contributed by atoms with E-state index in [2.05, 4.69) is 5.32 Å². The van der Waals surface area contributed by atoms with Crippen LogP contribution in [0, 0.1) is 0 Å². The van der Waals surface area contributed by atoms with E-state index in [1.54, 1.807) is 16.7 Å². The van der Waals surface area contributed by atoms with Crippen molar-refractivity contribution in [3.8, 4) is 0 Å². The van der Waals surface area contributed by atoms with E-state index in [9.17, 15) is 9.59 Å². The topological polar surface area (TPSA) is 78.7 Å². The summed E-state index contributed by atoms with van der Waals surface area (Å²) in [6.07, 6.45) is 0.801. The Balaban J connectivity index is 1.95. The number of nitrogens with two attached hydrogens (primary N) is 1. The van der Waals surface area contributed by atoms with E-state index in [-0.39, 0.29) is 11.9 Å². The van der Waals surface area contributed by atoms with Crippen LogP contribution in [0.2, 0.25) is 0 Å². The minimum atomic E-state index is -0.130. The average Bonchev–Trinajstić information content (AvgIpc) is 2.73. The second-order valence-corrected chi connectivity index (χ2v) is 5.18. The lowest BCUT2D eigenvalue weighted by atomic mass is 10.2. The normalized spacial score (nSPS) is 15.5.